The number of rotatable bonds is 8. The highest BCUT2D eigenvalue weighted by atomic mass is 32.2. The number of aromatic carboxylic acids is 1. The Morgan fingerprint density at radius 2 is 2.00 bits per heavy atom. The third-order valence-corrected chi connectivity index (χ3v) is 5.13. The van der Waals surface area contributed by atoms with Gasteiger partial charge in [-0.05, 0) is 43.3 Å². The van der Waals surface area contributed by atoms with Crippen molar-refractivity contribution in [3.63, 3.8) is 0 Å². The van der Waals surface area contributed by atoms with Gasteiger partial charge >= 0.3 is 5.97 Å². The van der Waals surface area contributed by atoms with Crippen LogP contribution in [0.4, 0.5) is 5.69 Å². The van der Waals surface area contributed by atoms with E-state index in [9.17, 15) is 13.2 Å². The maximum Gasteiger partial charge on any atom is 0.335 e. The van der Waals surface area contributed by atoms with Gasteiger partial charge in [0.25, 0.3) is 10.0 Å². The Morgan fingerprint density at radius 1 is 1.21 bits per heavy atom. The number of sulfonamides is 1. The van der Waals surface area contributed by atoms with Crippen LogP contribution in [0.2, 0.25) is 0 Å². The molecule has 146 valence electrons. The predicted octanol–water partition coefficient (Wildman–Crippen LogP) is 2.30. The van der Waals surface area contributed by atoms with E-state index in [1.165, 1.54) is 41.1 Å². The largest absolute Gasteiger partial charge is 0.478 e. The summed E-state index contributed by atoms with van der Waals surface area (Å²) in [7, 11) is -3.92. The fraction of sp³-hybridized carbons (Fsp3) is 0.167. The maximum atomic E-state index is 12.7. The summed E-state index contributed by atoms with van der Waals surface area (Å²) in [5.41, 5.74) is 1.28. The number of anilines is 1. The average Bonchev–Trinajstić information content (AvgIpc) is 3.15. The first-order valence-corrected chi connectivity index (χ1v) is 9.83. The van der Waals surface area contributed by atoms with Crippen LogP contribution in [-0.2, 0) is 21.4 Å². The molecule has 0 atom stereocenters. The minimum Gasteiger partial charge on any atom is -0.478 e. The zero-order chi connectivity index (χ0) is 20.1. The summed E-state index contributed by atoms with van der Waals surface area (Å²) in [5.74, 6) is -1.14. The molecule has 0 aliphatic carbocycles. The van der Waals surface area contributed by atoms with Gasteiger partial charge in [-0.15, -0.1) is 5.10 Å². The quantitative estimate of drug-likeness (QED) is 0.592. The molecule has 9 nitrogen and oxygen atoms in total. The number of nitrogens with zero attached hydrogens (tertiary/aromatic N) is 3. The molecule has 2 aromatic carbocycles. The van der Waals surface area contributed by atoms with Crippen LogP contribution in [0, 0.1) is 0 Å². The van der Waals surface area contributed by atoms with Crippen molar-refractivity contribution < 1.29 is 23.1 Å². The van der Waals surface area contributed by atoms with Crippen LogP contribution in [0.25, 0.3) is 5.69 Å². The number of carboxylic acid groups (broad SMARTS) is 1. The third-order valence-electron chi connectivity index (χ3n) is 3.75. The molecule has 0 bridgehead atoms. The Morgan fingerprint density at radius 3 is 2.75 bits per heavy atom. The molecule has 0 aliphatic heterocycles. The first-order valence-electron chi connectivity index (χ1n) is 8.34. The smallest absolute Gasteiger partial charge is 0.335 e. The molecule has 0 saturated heterocycles. The van der Waals surface area contributed by atoms with E-state index in [4.69, 9.17) is 9.84 Å². The second-order valence-electron chi connectivity index (χ2n) is 5.78. The summed E-state index contributed by atoms with van der Waals surface area (Å²) in [6, 6.07) is 11.7. The van der Waals surface area contributed by atoms with Gasteiger partial charge in [0.05, 0.1) is 29.0 Å². The summed E-state index contributed by atoms with van der Waals surface area (Å²) in [6.07, 6.45) is 1.66. The Balaban J connectivity index is 1.85. The molecule has 0 aliphatic rings. The van der Waals surface area contributed by atoms with Crippen LogP contribution in [0.3, 0.4) is 0 Å². The van der Waals surface area contributed by atoms with E-state index in [0.717, 1.165) is 0 Å². The second kappa shape index (κ2) is 8.19. The van der Waals surface area contributed by atoms with Crippen LogP contribution in [-0.4, -0.2) is 41.1 Å². The summed E-state index contributed by atoms with van der Waals surface area (Å²) in [4.78, 5) is 11.1. The molecule has 1 aromatic heterocycles. The molecule has 2 N–H and O–H groups in total. The van der Waals surface area contributed by atoms with Crippen molar-refractivity contribution in [1.82, 2.24) is 15.0 Å². The standard InChI is InChI=1S/C18H18N4O5S/c1-2-27-12-15-11-22(21-19-15)16-7-4-8-17(10-16)28(25,26)20-14-6-3-5-13(9-14)18(23)24/h3-11,20H,2,12H2,1H3,(H,23,24). The molecule has 10 heteroatoms. The molecule has 0 unspecified atom stereocenters. The topological polar surface area (TPSA) is 123 Å². The molecule has 1 heterocycles. The molecule has 0 saturated carbocycles. The van der Waals surface area contributed by atoms with Crippen LogP contribution >= 0.6 is 0 Å². The summed E-state index contributed by atoms with van der Waals surface area (Å²) < 4.78 is 34.5. The number of carbonyl (C=O) groups is 1. The molecule has 28 heavy (non-hydrogen) atoms. The number of benzene rings is 2. The number of aromatic nitrogens is 3. The number of carboxylic acids is 1. The lowest BCUT2D eigenvalue weighted by molar-refractivity contribution is 0.0697. The average molecular weight is 402 g/mol. The molecule has 3 rings (SSSR count). The zero-order valence-electron chi connectivity index (χ0n) is 14.9. The van der Waals surface area contributed by atoms with E-state index >= 15 is 0 Å². The fourth-order valence-electron chi connectivity index (χ4n) is 2.42. The lowest BCUT2D eigenvalue weighted by atomic mass is 10.2. The maximum absolute atomic E-state index is 12.7. The van der Waals surface area contributed by atoms with E-state index in [2.05, 4.69) is 15.0 Å². The summed E-state index contributed by atoms with van der Waals surface area (Å²) in [5, 5.41) is 17.0. The lowest BCUT2D eigenvalue weighted by Gasteiger charge is -2.10. The van der Waals surface area contributed by atoms with Gasteiger partial charge in [0.1, 0.15) is 5.69 Å². The first kappa shape index (κ1) is 19.5. The Kier molecular flexibility index (Phi) is 5.71. The molecular formula is C18H18N4O5S. The minimum atomic E-state index is -3.92. The highest BCUT2D eigenvalue weighted by Gasteiger charge is 2.16. The molecular weight excluding hydrogens is 384 g/mol. The van der Waals surface area contributed by atoms with E-state index in [0.29, 0.717) is 24.6 Å². The monoisotopic (exact) mass is 402 g/mol. The molecule has 0 radical (unpaired) electrons. The number of ether oxygens (including phenoxy) is 1. The Hall–Kier alpha value is -3.24. The lowest BCUT2D eigenvalue weighted by Crippen LogP contribution is -2.14. The number of nitrogens with one attached hydrogen (secondary N) is 1. The van der Waals surface area contributed by atoms with Crippen molar-refractivity contribution in [3.8, 4) is 5.69 Å². The van der Waals surface area contributed by atoms with Crippen molar-refractivity contribution in [2.24, 2.45) is 0 Å². The van der Waals surface area contributed by atoms with Crippen molar-refractivity contribution in [2.75, 3.05) is 11.3 Å². The van der Waals surface area contributed by atoms with Gasteiger partial charge in [0, 0.05) is 12.3 Å². The van der Waals surface area contributed by atoms with E-state index < -0.39 is 16.0 Å². The van der Waals surface area contributed by atoms with Crippen LogP contribution < -0.4 is 4.72 Å². The van der Waals surface area contributed by atoms with E-state index in [1.807, 2.05) is 6.92 Å². The van der Waals surface area contributed by atoms with Gasteiger partial charge in [0.2, 0.25) is 0 Å². The van der Waals surface area contributed by atoms with Gasteiger partial charge < -0.3 is 9.84 Å². The number of hydrogen-bond donors (Lipinski definition) is 2. The minimum absolute atomic E-state index is 0.00702. The van der Waals surface area contributed by atoms with Gasteiger partial charge in [-0.1, -0.05) is 17.3 Å². The Bertz CT molecular complexity index is 1090. The molecule has 0 amide bonds. The fourth-order valence-corrected chi connectivity index (χ4v) is 3.51. The summed E-state index contributed by atoms with van der Waals surface area (Å²) >= 11 is 0. The van der Waals surface area contributed by atoms with Crippen molar-refractivity contribution in [1.29, 1.82) is 0 Å². The van der Waals surface area contributed by atoms with Crippen LogP contribution in [0.5, 0.6) is 0 Å². The molecule has 3 aromatic rings. The van der Waals surface area contributed by atoms with E-state index in [1.54, 1.807) is 18.3 Å². The van der Waals surface area contributed by atoms with Crippen molar-refractivity contribution in [2.45, 2.75) is 18.4 Å². The van der Waals surface area contributed by atoms with Gasteiger partial charge in [-0.25, -0.2) is 17.9 Å². The van der Waals surface area contributed by atoms with Gasteiger partial charge in [0.15, 0.2) is 0 Å². The third kappa shape index (κ3) is 4.53. The highest BCUT2D eigenvalue weighted by Crippen LogP contribution is 2.19. The zero-order valence-corrected chi connectivity index (χ0v) is 15.8. The molecule has 0 spiro atoms. The summed E-state index contributed by atoms with van der Waals surface area (Å²) in [6.45, 7) is 2.74. The Labute approximate surface area is 161 Å². The van der Waals surface area contributed by atoms with Gasteiger partial charge in [-0.3, -0.25) is 4.72 Å². The van der Waals surface area contributed by atoms with E-state index in [-0.39, 0.29) is 16.1 Å². The van der Waals surface area contributed by atoms with Crippen molar-refractivity contribution >= 4 is 21.7 Å². The van der Waals surface area contributed by atoms with Crippen LogP contribution in [0.1, 0.15) is 23.0 Å². The normalized spacial score (nSPS) is 11.3. The number of hydrogen-bond acceptors (Lipinski definition) is 6. The predicted molar refractivity (Wildman–Crippen MR) is 101 cm³/mol. The second-order valence-corrected chi connectivity index (χ2v) is 7.46. The first-order chi connectivity index (χ1) is 13.4. The molecule has 0 fully saturated rings. The SMILES string of the molecule is CCOCc1cn(-c2cccc(S(=O)(=O)Nc3cccc(C(=O)O)c3)c2)nn1. The van der Waals surface area contributed by atoms with Crippen LogP contribution in [0.15, 0.2) is 59.6 Å². The highest BCUT2D eigenvalue weighted by molar-refractivity contribution is 7.92. The van der Waals surface area contributed by atoms with Crippen molar-refractivity contribution in [3.05, 3.63) is 66.0 Å². The van der Waals surface area contributed by atoms with Gasteiger partial charge in [-0.2, -0.15) is 0 Å².